The Bertz CT molecular complexity index is 1360. The molecule has 1 aliphatic rings. The second-order valence-electron chi connectivity index (χ2n) is 8.10. The summed E-state index contributed by atoms with van der Waals surface area (Å²) >= 11 is 0. The minimum atomic E-state index is -3.99. The number of anilines is 1. The molecule has 9 heteroatoms. The lowest BCUT2D eigenvalue weighted by molar-refractivity contribution is 0.0746. The number of piperazine rings is 1. The predicted octanol–water partition coefficient (Wildman–Crippen LogP) is 3.30. The van der Waals surface area contributed by atoms with E-state index in [0.717, 1.165) is 5.56 Å². The number of amides is 1. The number of rotatable bonds is 5. The van der Waals surface area contributed by atoms with Crippen molar-refractivity contribution < 1.29 is 17.4 Å². The van der Waals surface area contributed by atoms with Crippen molar-refractivity contribution in [3.63, 3.8) is 0 Å². The summed E-state index contributed by atoms with van der Waals surface area (Å²) in [5.41, 5.74) is 2.37. The van der Waals surface area contributed by atoms with Gasteiger partial charge in [0.2, 0.25) is 0 Å². The van der Waals surface area contributed by atoms with E-state index in [0.29, 0.717) is 48.7 Å². The number of carbonyl (C=O) groups excluding carboxylic acids is 1. The molecule has 1 amide bonds. The van der Waals surface area contributed by atoms with Gasteiger partial charge in [-0.3, -0.25) is 4.79 Å². The summed E-state index contributed by atoms with van der Waals surface area (Å²) in [6.45, 7) is 5.63. The van der Waals surface area contributed by atoms with Gasteiger partial charge in [-0.25, -0.2) is 4.98 Å². The molecule has 34 heavy (non-hydrogen) atoms. The lowest BCUT2D eigenvalue weighted by atomic mass is 10.1. The number of pyridine rings is 1. The first-order valence-electron chi connectivity index (χ1n) is 10.8. The summed E-state index contributed by atoms with van der Waals surface area (Å²) in [6, 6.07) is 16.9. The zero-order chi connectivity index (χ0) is 24.3. The van der Waals surface area contributed by atoms with Crippen LogP contribution in [0.15, 0.2) is 65.7 Å². The molecule has 1 aliphatic heterocycles. The summed E-state index contributed by atoms with van der Waals surface area (Å²) in [6.07, 6.45) is 1.65. The fraction of sp³-hybridized carbons (Fsp3) is 0.240. The molecule has 1 fully saturated rings. The average Bonchev–Trinajstić information content (AvgIpc) is 2.85. The van der Waals surface area contributed by atoms with Gasteiger partial charge in [0.15, 0.2) is 0 Å². The molecule has 174 valence electrons. The fourth-order valence-electron chi connectivity index (χ4n) is 3.84. The van der Waals surface area contributed by atoms with E-state index in [-0.39, 0.29) is 16.6 Å². The van der Waals surface area contributed by atoms with Crippen LogP contribution in [0.4, 0.5) is 5.82 Å². The third-order valence-electron chi connectivity index (χ3n) is 5.69. The smallest absolute Gasteiger partial charge is 0.339 e. The second-order valence-corrected chi connectivity index (χ2v) is 9.61. The van der Waals surface area contributed by atoms with Gasteiger partial charge in [0.05, 0.1) is 5.56 Å². The number of aryl methyl sites for hydroxylation is 2. The molecule has 0 atom stereocenters. The number of hydrogen-bond acceptors (Lipinski definition) is 7. The molecule has 0 bridgehead atoms. The quantitative estimate of drug-likeness (QED) is 0.521. The topological polar surface area (TPSA) is 104 Å². The van der Waals surface area contributed by atoms with E-state index >= 15 is 0 Å². The van der Waals surface area contributed by atoms with Crippen LogP contribution in [-0.4, -0.2) is 50.4 Å². The zero-order valence-corrected chi connectivity index (χ0v) is 19.7. The number of aromatic nitrogens is 1. The van der Waals surface area contributed by atoms with Gasteiger partial charge >= 0.3 is 10.1 Å². The highest BCUT2D eigenvalue weighted by molar-refractivity contribution is 7.87. The number of carbonyl (C=O) groups is 1. The summed E-state index contributed by atoms with van der Waals surface area (Å²) in [4.78, 5) is 21.1. The van der Waals surface area contributed by atoms with Crippen molar-refractivity contribution in [3.8, 4) is 11.8 Å². The van der Waals surface area contributed by atoms with Gasteiger partial charge in [0.25, 0.3) is 5.91 Å². The van der Waals surface area contributed by atoms with Crippen LogP contribution < -0.4 is 9.08 Å². The van der Waals surface area contributed by atoms with Crippen molar-refractivity contribution in [2.75, 3.05) is 31.1 Å². The van der Waals surface area contributed by atoms with Crippen molar-refractivity contribution in [2.45, 2.75) is 18.7 Å². The van der Waals surface area contributed by atoms with Crippen molar-refractivity contribution in [1.29, 1.82) is 5.26 Å². The van der Waals surface area contributed by atoms with Crippen LogP contribution in [-0.2, 0) is 10.1 Å². The van der Waals surface area contributed by atoms with Gasteiger partial charge in [0.1, 0.15) is 22.5 Å². The molecule has 0 N–H and O–H groups in total. The lowest BCUT2D eigenvalue weighted by Gasteiger charge is -2.35. The van der Waals surface area contributed by atoms with E-state index in [4.69, 9.17) is 4.18 Å². The predicted molar refractivity (Wildman–Crippen MR) is 127 cm³/mol. The first kappa shape index (κ1) is 23.3. The van der Waals surface area contributed by atoms with Gasteiger partial charge < -0.3 is 14.0 Å². The van der Waals surface area contributed by atoms with Crippen molar-refractivity contribution in [2.24, 2.45) is 0 Å². The lowest BCUT2D eigenvalue weighted by Crippen LogP contribution is -2.49. The van der Waals surface area contributed by atoms with E-state index < -0.39 is 10.1 Å². The van der Waals surface area contributed by atoms with Crippen LogP contribution in [0.2, 0.25) is 0 Å². The summed E-state index contributed by atoms with van der Waals surface area (Å²) in [5.74, 6) is 0.621. The fourth-order valence-corrected chi connectivity index (χ4v) is 5.09. The molecule has 2 heterocycles. The molecule has 8 nitrogen and oxygen atoms in total. The highest BCUT2D eigenvalue weighted by Crippen LogP contribution is 2.24. The largest absolute Gasteiger partial charge is 0.379 e. The molecule has 3 aromatic rings. The molecular weight excluding hydrogens is 452 g/mol. The molecular formula is C25H24N4O4S. The van der Waals surface area contributed by atoms with Crippen LogP contribution >= 0.6 is 0 Å². The van der Waals surface area contributed by atoms with Crippen LogP contribution in [0.5, 0.6) is 5.75 Å². The van der Waals surface area contributed by atoms with Crippen LogP contribution in [0, 0.1) is 25.2 Å². The van der Waals surface area contributed by atoms with Crippen molar-refractivity contribution in [3.05, 3.63) is 83.0 Å². The Morgan fingerprint density at radius 3 is 2.41 bits per heavy atom. The number of nitriles is 1. The third-order valence-corrected chi connectivity index (χ3v) is 7.08. The highest BCUT2D eigenvalue weighted by Gasteiger charge is 2.25. The molecule has 0 radical (unpaired) electrons. The maximum absolute atomic E-state index is 12.9. The van der Waals surface area contributed by atoms with Crippen molar-refractivity contribution in [1.82, 2.24) is 9.88 Å². The minimum absolute atomic E-state index is 0.123. The zero-order valence-electron chi connectivity index (χ0n) is 18.9. The monoisotopic (exact) mass is 476 g/mol. The highest BCUT2D eigenvalue weighted by atomic mass is 32.2. The summed E-state index contributed by atoms with van der Waals surface area (Å²) in [5, 5.41) is 9.29. The van der Waals surface area contributed by atoms with Gasteiger partial charge in [-0.15, -0.1) is 0 Å². The normalized spacial score (nSPS) is 13.9. The Morgan fingerprint density at radius 2 is 1.74 bits per heavy atom. The molecule has 2 aromatic carbocycles. The van der Waals surface area contributed by atoms with Crippen LogP contribution in [0.1, 0.15) is 27.0 Å². The number of benzene rings is 2. The van der Waals surface area contributed by atoms with Gasteiger partial charge in [0, 0.05) is 37.9 Å². The summed E-state index contributed by atoms with van der Waals surface area (Å²) < 4.78 is 30.7. The van der Waals surface area contributed by atoms with Gasteiger partial charge in [-0.05, 0) is 67.4 Å². The van der Waals surface area contributed by atoms with Gasteiger partial charge in [-0.1, -0.05) is 12.1 Å². The maximum atomic E-state index is 12.9. The number of nitrogens with zero attached hydrogens (tertiary/aromatic N) is 4. The second kappa shape index (κ2) is 9.53. The minimum Gasteiger partial charge on any atom is -0.379 e. The molecule has 0 unspecified atom stereocenters. The van der Waals surface area contributed by atoms with E-state index in [2.05, 4.69) is 11.1 Å². The Hall–Kier alpha value is -3.90. The number of hydrogen-bond donors (Lipinski definition) is 0. The van der Waals surface area contributed by atoms with Crippen LogP contribution in [0.3, 0.4) is 0 Å². The Balaban J connectivity index is 1.41. The Morgan fingerprint density at radius 1 is 1.03 bits per heavy atom. The molecule has 4 rings (SSSR count). The Labute approximate surface area is 199 Å². The SMILES string of the molecule is Cc1ccc(C)c(S(=O)(=O)Oc2ccc(C(=O)N3CCN(c4ncccc4C#N)CC3)cc2)c1. The van der Waals surface area contributed by atoms with Crippen LogP contribution in [0.25, 0.3) is 0 Å². The first-order chi connectivity index (χ1) is 16.3. The molecule has 0 aliphatic carbocycles. The standard InChI is InChI=1S/C25H24N4O4S/c1-18-5-6-19(2)23(16-18)34(31,32)33-22-9-7-20(8-10-22)25(30)29-14-12-28(13-15-29)24-21(17-26)4-3-11-27-24/h3-11,16H,12-15H2,1-2H3. The maximum Gasteiger partial charge on any atom is 0.339 e. The third kappa shape index (κ3) is 4.87. The van der Waals surface area contributed by atoms with Crippen molar-refractivity contribution >= 4 is 21.8 Å². The first-order valence-corrected chi connectivity index (χ1v) is 12.2. The van der Waals surface area contributed by atoms with E-state index in [1.807, 2.05) is 17.9 Å². The molecule has 0 spiro atoms. The average molecular weight is 477 g/mol. The van der Waals surface area contributed by atoms with E-state index in [1.54, 1.807) is 54.4 Å². The molecule has 1 aromatic heterocycles. The van der Waals surface area contributed by atoms with Gasteiger partial charge in [-0.2, -0.15) is 13.7 Å². The Kier molecular flexibility index (Phi) is 6.52. The van der Waals surface area contributed by atoms with E-state index in [1.165, 1.54) is 12.1 Å². The molecule has 1 saturated heterocycles. The summed E-state index contributed by atoms with van der Waals surface area (Å²) in [7, 11) is -3.99. The van der Waals surface area contributed by atoms with E-state index in [9.17, 15) is 18.5 Å². The molecule has 0 saturated carbocycles.